The maximum Gasteiger partial charge on any atom is 0.191 e. The molecule has 3 rings (SSSR count). The SMILES string of the molecule is CCNC(=NCC(C)(C)c1cccc(F)c1)NC1CCc2nc(CC)nn2C1. The fraction of sp³-hybridized carbons (Fsp3) is 0.571. The molecule has 1 aromatic carbocycles. The van der Waals surface area contributed by atoms with Gasteiger partial charge < -0.3 is 10.6 Å². The molecule has 0 aliphatic carbocycles. The summed E-state index contributed by atoms with van der Waals surface area (Å²) in [5, 5.41) is 11.4. The van der Waals surface area contributed by atoms with Crippen molar-refractivity contribution in [1.82, 2.24) is 25.4 Å². The van der Waals surface area contributed by atoms with Gasteiger partial charge in [-0.15, -0.1) is 0 Å². The van der Waals surface area contributed by atoms with Gasteiger partial charge in [0.25, 0.3) is 0 Å². The van der Waals surface area contributed by atoms with E-state index in [1.54, 1.807) is 12.1 Å². The Balaban J connectivity index is 1.67. The van der Waals surface area contributed by atoms with Gasteiger partial charge in [0.05, 0.1) is 13.1 Å². The number of aromatic nitrogens is 3. The average molecular weight is 387 g/mol. The zero-order chi connectivity index (χ0) is 20.1. The second-order valence-corrected chi connectivity index (χ2v) is 7.95. The van der Waals surface area contributed by atoms with Crippen molar-refractivity contribution in [3.8, 4) is 0 Å². The van der Waals surface area contributed by atoms with E-state index in [0.29, 0.717) is 6.54 Å². The van der Waals surface area contributed by atoms with Crippen LogP contribution in [0.4, 0.5) is 4.39 Å². The van der Waals surface area contributed by atoms with Gasteiger partial charge in [0.2, 0.25) is 0 Å². The van der Waals surface area contributed by atoms with Gasteiger partial charge in [-0.1, -0.05) is 32.9 Å². The normalized spacial score (nSPS) is 17.3. The van der Waals surface area contributed by atoms with Crippen LogP contribution in [0.2, 0.25) is 0 Å². The minimum absolute atomic E-state index is 0.211. The van der Waals surface area contributed by atoms with Crippen molar-refractivity contribution >= 4 is 5.96 Å². The molecule has 0 amide bonds. The summed E-state index contributed by atoms with van der Waals surface area (Å²) in [6.45, 7) is 10.4. The fourth-order valence-electron chi connectivity index (χ4n) is 3.42. The van der Waals surface area contributed by atoms with E-state index in [1.165, 1.54) is 6.07 Å². The Hall–Kier alpha value is -2.44. The van der Waals surface area contributed by atoms with Gasteiger partial charge in [-0.2, -0.15) is 5.10 Å². The predicted octanol–water partition coefficient (Wildman–Crippen LogP) is 2.83. The maximum absolute atomic E-state index is 13.6. The molecule has 0 saturated carbocycles. The van der Waals surface area contributed by atoms with Crippen LogP contribution in [0, 0.1) is 5.82 Å². The van der Waals surface area contributed by atoms with Crippen LogP contribution in [0.1, 0.15) is 51.3 Å². The minimum Gasteiger partial charge on any atom is -0.357 e. The summed E-state index contributed by atoms with van der Waals surface area (Å²) >= 11 is 0. The average Bonchev–Trinajstić information content (AvgIpc) is 3.09. The van der Waals surface area contributed by atoms with Crippen molar-refractivity contribution in [3.05, 3.63) is 47.3 Å². The Kier molecular flexibility index (Phi) is 6.31. The number of rotatable bonds is 6. The van der Waals surface area contributed by atoms with E-state index < -0.39 is 0 Å². The van der Waals surface area contributed by atoms with E-state index in [4.69, 9.17) is 4.99 Å². The van der Waals surface area contributed by atoms with E-state index >= 15 is 0 Å². The van der Waals surface area contributed by atoms with Crippen LogP contribution in [-0.4, -0.2) is 39.9 Å². The summed E-state index contributed by atoms with van der Waals surface area (Å²) in [7, 11) is 0. The van der Waals surface area contributed by atoms with E-state index in [-0.39, 0.29) is 17.3 Å². The Bertz CT molecular complexity index is 826. The summed E-state index contributed by atoms with van der Waals surface area (Å²) < 4.78 is 15.6. The number of aliphatic imine (C=N–C) groups is 1. The molecule has 2 N–H and O–H groups in total. The molecule has 0 fully saturated rings. The van der Waals surface area contributed by atoms with Crippen LogP contribution in [0.25, 0.3) is 0 Å². The fourth-order valence-corrected chi connectivity index (χ4v) is 3.42. The summed E-state index contributed by atoms with van der Waals surface area (Å²) in [5.41, 5.74) is 0.690. The third kappa shape index (κ3) is 4.88. The van der Waals surface area contributed by atoms with Gasteiger partial charge in [0, 0.05) is 30.8 Å². The Morgan fingerprint density at radius 3 is 2.89 bits per heavy atom. The van der Waals surface area contributed by atoms with Crippen LogP contribution in [-0.2, 0) is 24.8 Å². The summed E-state index contributed by atoms with van der Waals surface area (Å²) in [5.74, 6) is 2.56. The van der Waals surface area contributed by atoms with E-state index in [1.807, 2.05) is 10.7 Å². The van der Waals surface area contributed by atoms with Crippen molar-refractivity contribution < 1.29 is 4.39 Å². The first kappa shape index (κ1) is 20.3. The van der Waals surface area contributed by atoms with Crippen LogP contribution in [0.15, 0.2) is 29.3 Å². The Labute approximate surface area is 166 Å². The lowest BCUT2D eigenvalue weighted by molar-refractivity contribution is 0.391. The molecule has 1 atom stereocenters. The first-order valence-electron chi connectivity index (χ1n) is 10.1. The van der Waals surface area contributed by atoms with Gasteiger partial charge in [-0.25, -0.2) is 14.1 Å². The smallest absolute Gasteiger partial charge is 0.191 e. The van der Waals surface area contributed by atoms with Crippen molar-refractivity contribution in [2.24, 2.45) is 4.99 Å². The van der Waals surface area contributed by atoms with E-state index in [9.17, 15) is 4.39 Å². The first-order chi connectivity index (χ1) is 13.4. The van der Waals surface area contributed by atoms with Crippen molar-refractivity contribution in [2.45, 2.75) is 65.0 Å². The zero-order valence-corrected chi connectivity index (χ0v) is 17.3. The van der Waals surface area contributed by atoms with Crippen LogP contribution in [0.3, 0.4) is 0 Å². The van der Waals surface area contributed by atoms with Crippen molar-refractivity contribution in [3.63, 3.8) is 0 Å². The van der Waals surface area contributed by atoms with Crippen LogP contribution < -0.4 is 10.6 Å². The summed E-state index contributed by atoms with van der Waals surface area (Å²) in [6.07, 6.45) is 2.77. The molecule has 28 heavy (non-hydrogen) atoms. The molecule has 6 nitrogen and oxygen atoms in total. The molecular weight excluding hydrogens is 355 g/mol. The van der Waals surface area contributed by atoms with E-state index in [0.717, 1.165) is 55.5 Å². The number of benzene rings is 1. The van der Waals surface area contributed by atoms with Crippen molar-refractivity contribution in [1.29, 1.82) is 0 Å². The summed E-state index contributed by atoms with van der Waals surface area (Å²) in [6, 6.07) is 7.03. The molecule has 1 unspecified atom stereocenters. The number of nitrogens with zero attached hydrogens (tertiary/aromatic N) is 4. The molecule has 7 heteroatoms. The standard InChI is InChI=1S/C21H31FN6/c1-5-18-26-19-11-10-17(13-28(19)27-18)25-20(23-6-2)24-14-21(3,4)15-8-7-9-16(22)12-15/h7-9,12,17H,5-6,10-11,13-14H2,1-4H3,(H2,23,24,25). The van der Waals surface area contributed by atoms with Gasteiger partial charge in [0.1, 0.15) is 11.6 Å². The van der Waals surface area contributed by atoms with Gasteiger partial charge in [0.15, 0.2) is 11.8 Å². The Morgan fingerprint density at radius 2 is 2.18 bits per heavy atom. The monoisotopic (exact) mass is 386 g/mol. The minimum atomic E-state index is -0.258. The first-order valence-corrected chi connectivity index (χ1v) is 10.1. The lowest BCUT2D eigenvalue weighted by Gasteiger charge is -2.27. The highest BCUT2D eigenvalue weighted by Gasteiger charge is 2.24. The molecule has 1 aromatic heterocycles. The number of aryl methyl sites for hydroxylation is 2. The van der Waals surface area contributed by atoms with Gasteiger partial charge in [-0.3, -0.25) is 4.99 Å². The molecule has 2 aromatic rings. The second-order valence-electron chi connectivity index (χ2n) is 7.95. The molecular formula is C21H31FN6. The quantitative estimate of drug-likeness (QED) is 0.592. The molecule has 0 spiro atoms. The Morgan fingerprint density at radius 1 is 1.36 bits per heavy atom. The highest BCUT2D eigenvalue weighted by Crippen LogP contribution is 2.24. The molecule has 1 aliphatic heterocycles. The number of hydrogen-bond donors (Lipinski definition) is 2. The molecule has 2 heterocycles. The summed E-state index contributed by atoms with van der Waals surface area (Å²) in [4.78, 5) is 9.37. The van der Waals surface area contributed by atoms with Gasteiger partial charge in [-0.05, 0) is 31.0 Å². The zero-order valence-electron chi connectivity index (χ0n) is 17.3. The third-order valence-corrected chi connectivity index (χ3v) is 5.14. The topological polar surface area (TPSA) is 67.1 Å². The maximum atomic E-state index is 13.6. The molecule has 152 valence electrons. The highest BCUT2D eigenvalue weighted by atomic mass is 19.1. The second kappa shape index (κ2) is 8.71. The number of nitrogens with one attached hydrogen (secondary N) is 2. The van der Waals surface area contributed by atoms with Gasteiger partial charge >= 0.3 is 0 Å². The lowest BCUT2D eigenvalue weighted by Crippen LogP contribution is -2.47. The van der Waals surface area contributed by atoms with Crippen LogP contribution >= 0.6 is 0 Å². The van der Waals surface area contributed by atoms with Crippen molar-refractivity contribution in [2.75, 3.05) is 13.1 Å². The predicted molar refractivity (Wildman–Crippen MR) is 110 cm³/mol. The number of fused-ring (bicyclic) bond motifs is 1. The number of guanidine groups is 1. The van der Waals surface area contributed by atoms with E-state index in [2.05, 4.69) is 48.4 Å². The molecule has 1 aliphatic rings. The number of hydrogen-bond acceptors (Lipinski definition) is 3. The molecule has 0 bridgehead atoms. The highest BCUT2D eigenvalue weighted by molar-refractivity contribution is 5.80. The largest absolute Gasteiger partial charge is 0.357 e. The molecule has 0 radical (unpaired) electrons. The number of halogens is 1. The van der Waals surface area contributed by atoms with Crippen LogP contribution in [0.5, 0.6) is 0 Å². The third-order valence-electron chi connectivity index (χ3n) is 5.14. The molecule has 0 saturated heterocycles. The lowest BCUT2D eigenvalue weighted by atomic mass is 9.85.